The molecule has 1 fully saturated rings. The van der Waals surface area contributed by atoms with Crippen LogP contribution in [0.2, 0.25) is 0 Å². The van der Waals surface area contributed by atoms with Gasteiger partial charge in [-0.25, -0.2) is 4.98 Å². The average Bonchev–Trinajstić information content (AvgIpc) is 3.23. The first-order valence-corrected chi connectivity index (χ1v) is 7.87. The Morgan fingerprint density at radius 3 is 3.18 bits per heavy atom. The summed E-state index contributed by atoms with van der Waals surface area (Å²) in [6, 6.07) is 8.60. The second kappa shape index (κ2) is 5.74. The molecule has 1 saturated heterocycles. The van der Waals surface area contributed by atoms with Crippen molar-refractivity contribution in [2.75, 3.05) is 26.9 Å². The molecule has 0 aliphatic carbocycles. The van der Waals surface area contributed by atoms with Gasteiger partial charge in [-0.15, -0.1) is 0 Å². The molecule has 116 valence electrons. The standard InChI is InChI=1S/C17H21N3O2/c1-21-14-4-2-3-12(9-14)17-18-15-5-7-20(10-16(15)19-17)13-6-8-22-11-13/h2-4,9,13H,5-8,10-11H2,1H3,(H,18,19). The third-order valence-corrected chi connectivity index (χ3v) is 4.63. The van der Waals surface area contributed by atoms with Crippen LogP contribution in [0.5, 0.6) is 5.75 Å². The monoisotopic (exact) mass is 299 g/mol. The summed E-state index contributed by atoms with van der Waals surface area (Å²) in [7, 11) is 1.69. The van der Waals surface area contributed by atoms with Gasteiger partial charge in [0.2, 0.25) is 0 Å². The molecule has 0 saturated carbocycles. The van der Waals surface area contributed by atoms with E-state index in [1.807, 2.05) is 18.2 Å². The highest BCUT2D eigenvalue weighted by Gasteiger charge is 2.28. The number of hydrogen-bond acceptors (Lipinski definition) is 4. The molecule has 5 heteroatoms. The first-order chi connectivity index (χ1) is 10.8. The number of hydrogen-bond donors (Lipinski definition) is 1. The van der Waals surface area contributed by atoms with Crippen LogP contribution in [0.15, 0.2) is 24.3 Å². The van der Waals surface area contributed by atoms with E-state index in [0.717, 1.165) is 56.3 Å². The molecule has 0 bridgehead atoms. The van der Waals surface area contributed by atoms with Crippen LogP contribution < -0.4 is 4.74 Å². The van der Waals surface area contributed by atoms with Gasteiger partial charge in [0.05, 0.1) is 25.1 Å². The lowest BCUT2D eigenvalue weighted by Crippen LogP contribution is -2.39. The van der Waals surface area contributed by atoms with Crippen molar-refractivity contribution in [2.45, 2.75) is 25.4 Å². The van der Waals surface area contributed by atoms with Gasteiger partial charge in [-0.2, -0.15) is 0 Å². The van der Waals surface area contributed by atoms with Gasteiger partial charge < -0.3 is 14.5 Å². The van der Waals surface area contributed by atoms with E-state index in [0.29, 0.717) is 6.04 Å². The predicted molar refractivity (Wildman–Crippen MR) is 83.9 cm³/mol. The minimum atomic E-state index is 0.566. The maximum Gasteiger partial charge on any atom is 0.137 e. The van der Waals surface area contributed by atoms with E-state index in [4.69, 9.17) is 14.5 Å². The van der Waals surface area contributed by atoms with Crippen molar-refractivity contribution >= 4 is 0 Å². The first kappa shape index (κ1) is 13.8. The van der Waals surface area contributed by atoms with Crippen LogP contribution in [0, 0.1) is 0 Å². The number of fused-ring (bicyclic) bond motifs is 1. The largest absolute Gasteiger partial charge is 0.497 e. The molecule has 1 aromatic heterocycles. The van der Waals surface area contributed by atoms with E-state index in [1.165, 1.54) is 11.4 Å². The predicted octanol–water partition coefficient (Wildman–Crippen LogP) is 2.23. The Morgan fingerprint density at radius 2 is 2.36 bits per heavy atom. The molecule has 3 heterocycles. The molecular weight excluding hydrogens is 278 g/mol. The number of rotatable bonds is 3. The van der Waals surface area contributed by atoms with Crippen molar-refractivity contribution in [2.24, 2.45) is 0 Å². The van der Waals surface area contributed by atoms with Gasteiger partial charge in [-0.3, -0.25) is 4.90 Å². The van der Waals surface area contributed by atoms with Crippen molar-refractivity contribution in [1.82, 2.24) is 14.9 Å². The zero-order valence-electron chi connectivity index (χ0n) is 12.8. The second-order valence-corrected chi connectivity index (χ2v) is 5.98. The van der Waals surface area contributed by atoms with Crippen LogP contribution in [0.4, 0.5) is 0 Å². The Balaban J connectivity index is 1.58. The number of aromatic amines is 1. The van der Waals surface area contributed by atoms with Crippen molar-refractivity contribution in [3.8, 4) is 17.1 Å². The Labute approximate surface area is 130 Å². The van der Waals surface area contributed by atoms with Gasteiger partial charge in [0.1, 0.15) is 11.6 Å². The molecule has 0 radical (unpaired) electrons. The van der Waals surface area contributed by atoms with Crippen molar-refractivity contribution in [3.63, 3.8) is 0 Å². The minimum Gasteiger partial charge on any atom is -0.497 e. The lowest BCUT2D eigenvalue weighted by atomic mass is 10.1. The number of nitrogens with zero attached hydrogens (tertiary/aromatic N) is 2. The summed E-state index contributed by atoms with van der Waals surface area (Å²) >= 11 is 0. The van der Waals surface area contributed by atoms with E-state index < -0.39 is 0 Å². The van der Waals surface area contributed by atoms with Crippen molar-refractivity contribution < 1.29 is 9.47 Å². The summed E-state index contributed by atoms with van der Waals surface area (Å²) in [6.45, 7) is 3.78. The van der Waals surface area contributed by atoms with E-state index in [-0.39, 0.29) is 0 Å². The minimum absolute atomic E-state index is 0.566. The second-order valence-electron chi connectivity index (χ2n) is 5.98. The lowest BCUT2D eigenvalue weighted by Gasteiger charge is -2.30. The van der Waals surface area contributed by atoms with Crippen molar-refractivity contribution in [3.05, 3.63) is 35.7 Å². The Morgan fingerprint density at radius 1 is 1.41 bits per heavy atom. The number of nitrogens with one attached hydrogen (secondary N) is 1. The molecule has 1 aromatic carbocycles. The number of ether oxygens (including phenoxy) is 2. The normalized spacial score (nSPS) is 21.8. The summed E-state index contributed by atoms with van der Waals surface area (Å²) in [5.74, 6) is 1.80. The number of imidazole rings is 1. The van der Waals surface area contributed by atoms with Gasteiger partial charge in [0, 0.05) is 37.7 Å². The fraction of sp³-hybridized carbons (Fsp3) is 0.471. The van der Waals surface area contributed by atoms with E-state index in [9.17, 15) is 0 Å². The fourth-order valence-corrected chi connectivity index (χ4v) is 3.34. The molecule has 5 nitrogen and oxygen atoms in total. The van der Waals surface area contributed by atoms with Crippen LogP contribution >= 0.6 is 0 Å². The molecule has 2 aliphatic rings. The fourth-order valence-electron chi connectivity index (χ4n) is 3.34. The summed E-state index contributed by atoms with van der Waals surface area (Å²) in [4.78, 5) is 10.8. The van der Waals surface area contributed by atoms with Crippen LogP contribution in [0.1, 0.15) is 17.8 Å². The third-order valence-electron chi connectivity index (χ3n) is 4.63. The molecular formula is C17H21N3O2. The molecule has 22 heavy (non-hydrogen) atoms. The smallest absolute Gasteiger partial charge is 0.137 e. The van der Waals surface area contributed by atoms with Gasteiger partial charge >= 0.3 is 0 Å². The summed E-state index contributed by atoms with van der Waals surface area (Å²) in [6.07, 6.45) is 2.15. The maximum atomic E-state index is 5.52. The summed E-state index contributed by atoms with van der Waals surface area (Å²) in [5, 5.41) is 0. The van der Waals surface area contributed by atoms with Gasteiger partial charge in [-0.1, -0.05) is 12.1 Å². The average molecular weight is 299 g/mol. The first-order valence-electron chi connectivity index (χ1n) is 7.87. The third kappa shape index (κ3) is 2.51. The zero-order valence-corrected chi connectivity index (χ0v) is 12.8. The molecule has 1 N–H and O–H groups in total. The van der Waals surface area contributed by atoms with E-state index >= 15 is 0 Å². The number of benzene rings is 1. The highest BCUT2D eigenvalue weighted by Crippen LogP contribution is 2.27. The van der Waals surface area contributed by atoms with Crippen LogP contribution in [0.25, 0.3) is 11.4 Å². The highest BCUT2D eigenvalue weighted by atomic mass is 16.5. The summed E-state index contributed by atoms with van der Waals surface area (Å²) in [5.41, 5.74) is 3.52. The van der Waals surface area contributed by atoms with Crippen LogP contribution in [0.3, 0.4) is 0 Å². The topological polar surface area (TPSA) is 50.4 Å². The van der Waals surface area contributed by atoms with E-state index in [1.54, 1.807) is 7.11 Å². The van der Waals surface area contributed by atoms with Gasteiger partial charge in [-0.05, 0) is 18.6 Å². The number of H-pyrrole nitrogens is 1. The molecule has 0 spiro atoms. The Hall–Kier alpha value is -1.85. The van der Waals surface area contributed by atoms with Gasteiger partial charge in [0.15, 0.2) is 0 Å². The number of methoxy groups -OCH3 is 1. The molecule has 2 aromatic rings. The zero-order chi connectivity index (χ0) is 14.9. The molecule has 4 rings (SSSR count). The van der Waals surface area contributed by atoms with E-state index in [2.05, 4.69) is 16.0 Å². The number of aromatic nitrogens is 2. The quantitative estimate of drug-likeness (QED) is 0.944. The highest BCUT2D eigenvalue weighted by molar-refractivity contribution is 5.58. The molecule has 1 atom stereocenters. The van der Waals surface area contributed by atoms with Gasteiger partial charge in [0.25, 0.3) is 0 Å². The van der Waals surface area contributed by atoms with Crippen LogP contribution in [-0.2, 0) is 17.7 Å². The molecule has 1 unspecified atom stereocenters. The SMILES string of the molecule is COc1cccc(-c2nc3c([nH]2)CN(C2CCOC2)CC3)c1. The van der Waals surface area contributed by atoms with Crippen LogP contribution in [-0.4, -0.2) is 47.8 Å². The molecule has 0 amide bonds. The maximum absolute atomic E-state index is 5.52. The molecule has 2 aliphatic heterocycles. The Kier molecular flexibility index (Phi) is 3.60. The lowest BCUT2D eigenvalue weighted by molar-refractivity contribution is 0.133. The Bertz CT molecular complexity index is 662. The summed E-state index contributed by atoms with van der Waals surface area (Å²) < 4.78 is 10.8. The van der Waals surface area contributed by atoms with Crippen molar-refractivity contribution in [1.29, 1.82) is 0 Å².